The number of rotatable bonds is 4. The minimum atomic E-state index is -4.88. The molecule has 2 aromatic carbocycles. The number of ether oxygens (including phenoxy) is 1. The minimum absolute atomic E-state index is 0.0313. The van der Waals surface area contributed by atoms with Gasteiger partial charge in [-0.15, -0.1) is 13.2 Å². The summed E-state index contributed by atoms with van der Waals surface area (Å²) in [6.45, 7) is 1.82. The lowest BCUT2D eigenvalue weighted by Gasteiger charge is -2.28. The van der Waals surface area contributed by atoms with Gasteiger partial charge in [0.25, 0.3) is 5.91 Å². The molecule has 3 aromatic rings. The van der Waals surface area contributed by atoms with Gasteiger partial charge in [0.05, 0.1) is 0 Å². The zero-order valence-corrected chi connectivity index (χ0v) is 15.5. The third kappa shape index (κ3) is 3.86. The molecule has 0 fully saturated rings. The van der Waals surface area contributed by atoms with Crippen LogP contribution in [0.1, 0.15) is 33.3 Å². The lowest BCUT2D eigenvalue weighted by atomic mass is 9.97. The van der Waals surface area contributed by atoms with Crippen molar-refractivity contribution in [3.8, 4) is 11.1 Å². The Morgan fingerprint density at radius 2 is 1.72 bits per heavy atom. The van der Waals surface area contributed by atoms with Gasteiger partial charge in [-0.05, 0) is 47.4 Å². The molecule has 0 aliphatic carbocycles. The molecule has 1 unspecified atom stereocenters. The Balaban J connectivity index is 1.73. The van der Waals surface area contributed by atoms with Crippen LogP contribution in [-0.2, 0) is 11.3 Å². The Morgan fingerprint density at radius 1 is 1.03 bits per heavy atom. The first-order valence-electron chi connectivity index (χ1n) is 8.98. The number of nitrogens with zero attached hydrogens (tertiary/aromatic N) is 2. The van der Waals surface area contributed by atoms with Gasteiger partial charge in [-0.2, -0.15) is 0 Å². The first kappa shape index (κ1) is 19.1. The Hall–Kier alpha value is -3.19. The van der Waals surface area contributed by atoms with Gasteiger partial charge in [-0.1, -0.05) is 36.4 Å². The van der Waals surface area contributed by atoms with E-state index in [9.17, 15) is 18.0 Å². The number of amides is 1. The van der Waals surface area contributed by atoms with Gasteiger partial charge in [-0.3, -0.25) is 14.5 Å². The average molecular weight is 398 g/mol. The van der Waals surface area contributed by atoms with Gasteiger partial charge in [0.1, 0.15) is 0 Å². The van der Waals surface area contributed by atoms with E-state index in [-0.39, 0.29) is 12.1 Å². The SMILES string of the molecule is Cc1cc(-c2ccncc2)cc2c1C(=O)N(C(OC(F)(F)F)c1ccccc1)C2. The van der Waals surface area contributed by atoms with E-state index < -0.39 is 18.5 Å². The predicted octanol–water partition coefficient (Wildman–Crippen LogP) is 5.25. The summed E-state index contributed by atoms with van der Waals surface area (Å²) in [5.74, 6) is -0.475. The molecule has 0 bridgehead atoms. The fourth-order valence-electron chi connectivity index (χ4n) is 3.65. The van der Waals surface area contributed by atoms with Crippen molar-refractivity contribution < 1.29 is 22.7 Å². The van der Waals surface area contributed by atoms with Gasteiger partial charge in [0.2, 0.25) is 0 Å². The lowest BCUT2D eigenvalue weighted by molar-refractivity contribution is -0.359. The third-order valence-corrected chi connectivity index (χ3v) is 4.86. The number of pyridine rings is 1. The van der Waals surface area contributed by atoms with Crippen molar-refractivity contribution in [1.82, 2.24) is 9.88 Å². The minimum Gasteiger partial charge on any atom is -0.304 e. The molecule has 7 heteroatoms. The third-order valence-electron chi connectivity index (χ3n) is 4.86. The number of fused-ring (bicyclic) bond motifs is 1. The van der Waals surface area contributed by atoms with Gasteiger partial charge < -0.3 is 4.90 Å². The van der Waals surface area contributed by atoms with Crippen LogP contribution in [0.5, 0.6) is 0 Å². The van der Waals surface area contributed by atoms with Crippen molar-refractivity contribution >= 4 is 5.91 Å². The predicted molar refractivity (Wildman–Crippen MR) is 101 cm³/mol. The summed E-state index contributed by atoms with van der Waals surface area (Å²) in [7, 11) is 0. The van der Waals surface area contributed by atoms with E-state index in [1.165, 1.54) is 12.1 Å². The van der Waals surface area contributed by atoms with Crippen LogP contribution in [0, 0.1) is 6.92 Å². The maximum Gasteiger partial charge on any atom is 0.524 e. The molecule has 0 saturated carbocycles. The summed E-state index contributed by atoms with van der Waals surface area (Å²) in [6.07, 6.45) is -3.11. The molecule has 1 atom stereocenters. The summed E-state index contributed by atoms with van der Waals surface area (Å²) in [4.78, 5) is 18.2. The topological polar surface area (TPSA) is 42.4 Å². The fourth-order valence-corrected chi connectivity index (χ4v) is 3.65. The van der Waals surface area contributed by atoms with E-state index in [0.29, 0.717) is 16.7 Å². The van der Waals surface area contributed by atoms with Crippen molar-refractivity contribution in [1.29, 1.82) is 0 Å². The standard InChI is InChI=1S/C22H17F3N2O2/c1-14-11-17(15-7-9-26-10-8-15)12-18-13-27(20(28)19(14)18)21(29-22(23,24)25)16-5-3-2-4-6-16/h2-12,21H,13H2,1H3. The monoisotopic (exact) mass is 398 g/mol. The van der Waals surface area contributed by atoms with E-state index in [0.717, 1.165) is 16.0 Å². The highest BCUT2D eigenvalue weighted by molar-refractivity contribution is 6.00. The number of alkyl halides is 3. The number of benzene rings is 2. The fraction of sp³-hybridized carbons (Fsp3) is 0.182. The molecule has 1 aliphatic heterocycles. The van der Waals surface area contributed by atoms with Gasteiger partial charge >= 0.3 is 6.36 Å². The van der Waals surface area contributed by atoms with Crippen molar-refractivity contribution in [2.75, 3.05) is 0 Å². The van der Waals surface area contributed by atoms with Crippen LogP contribution in [-0.4, -0.2) is 22.2 Å². The molecular formula is C22H17F3N2O2. The Kier molecular flexibility index (Phi) is 4.84. The second kappa shape index (κ2) is 7.33. The molecule has 0 saturated heterocycles. The largest absolute Gasteiger partial charge is 0.524 e. The number of carbonyl (C=O) groups is 1. The van der Waals surface area contributed by atoms with Crippen molar-refractivity contribution in [2.45, 2.75) is 26.1 Å². The number of hydrogen-bond acceptors (Lipinski definition) is 3. The van der Waals surface area contributed by atoms with Crippen molar-refractivity contribution in [3.63, 3.8) is 0 Å². The van der Waals surface area contributed by atoms with Crippen LogP contribution in [0.2, 0.25) is 0 Å². The van der Waals surface area contributed by atoms with E-state index in [4.69, 9.17) is 0 Å². The molecule has 148 valence electrons. The molecule has 1 aromatic heterocycles. The Labute approximate surface area is 165 Å². The summed E-state index contributed by atoms with van der Waals surface area (Å²) in [6, 6.07) is 15.3. The average Bonchev–Trinajstić information content (AvgIpc) is 3.03. The van der Waals surface area contributed by atoms with Crippen LogP contribution in [0.3, 0.4) is 0 Å². The number of aromatic nitrogens is 1. The highest BCUT2D eigenvalue weighted by atomic mass is 19.4. The number of hydrogen-bond donors (Lipinski definition) is 0. The van der Waals surface area contributed by atoms with Gasteiger partial charge in [0.15, 0.2) is 6.23 Å². The molecule has 0 spiro atoms. The maximum absolute atomic E-state index is 13.1. The highest BCUT2D eigenvalue weighted by Gasteiger charge is 2.42. The first-order chi connectivity index (χ1) is 13.8. The van der Waals surface area contributed by atoms with Crippen LogP contribution in [0.4, 0.5) is 13.2 Å². The van der Waals surface area contributed by atoms with E-state index in [1.807, 2.05) is 24.3 Å². The van der Waals surface area contributed by atoms with E-state index in [1.54, 1.807) is 37.5 Å². The van der Waals surface area contributed by atoms with Crippen LogP contribution in [0.15, 0.2) is 67.0 Å². The summed E-state index contributed by atoms with van der Waals surface area (Å²) >= 11 is 0. The van der Waals surface area contributed by atoms with Crippen molar-refractivity contribution in [2.24, 2.45) is 0 Å². The first-order valence-corrected chi connectivity index (χ1v) is 8.98. The number of aryl methyl sites for hydroxylation is 1. The quantitative estimate of drug-likeness (QED) is 0.603. The molecule has 2 heterocycles. The zero-order chi connectivity index (χ0) is 20.6. The van der Waals surface area contributed by atoms with Crippen LogP contribution >= 0.6 is 0 Å². The lowest BCUT2D eigenvalue weighted by Crippen LogP contribution is -2.34. The Bertz CT molecular complexity index is 1040. The molecule has 29 heavy (non-hydrogen) atoms. The molecule has 4 nitrogen and oxygen atoms in total. The number of halogens is 3. The molecule has 1 amide bonds. The van der Waals surface area contributed by atoms with Crippen molar-refractivity contribution in [3.05, 3.63) is 89.2 Å². The van der Waals surface area contributed by atoms with Gasteiger partial charge in [-0.25, -0.2) is 0 Å². The summed E-state index contributed by atoms with van der Waals surface area (Å²) in [5, 5.41) is 0. The van der Waals surface area contributed by atoms with Gasteiger partial charge in [0, 0.05) is 30.1 Å². The van der Waals surface area contributed by atoms with E-state index in [2.05, 4.69) is 9.72 Å². The zero-order valence-electron chi connectivity index (χ0n) is 15.5. The second-order valence-electron chi connectivity index (χ2n) is 6.82. The second-order valence-corrected chi connectivity index (χ2v) is 6.82. The molecule has 0 radical (unpaired) electrons. The molecule has 1 aliphatic rings. The molecule has 0 N–H and O–H groups in total. The number of carbonyl (C=O) groups excluding carboxylic acids is 1. The normalized spacial score (nSPS) is 14.8. The summed E-state index contributed by atoms with van der Waals surface area (Å²) < 4.78 is 43.7. The Morgan fingerprint density at radius 3 is 2.38 bits per heavy atom. The van der Waals surface area contributed by atoms with Crippen LogP contribution in [0.25, 0.3) is 11.1 Å². The smallest absolute Gasteiger partial charge is 0.304 e. The maximum atomic E-state index is 13.1. The van der Waals surface area contributed by atoms with Crippen LogP contribution < -0.4 is 0 Å². The summed E-state index contributed by atoms with van der Waals surface area (Å²) in [5.41, 5.74) is 3.87. The molecular weight excluding hydrogens is 381 g/mol. The highest BCUT2D eigenvalue weighted by Crippen LogP contribution is 2.38. The van der Waals surface area contributed by atoms with E-state index >= 15 is 0 Å². The molecule has 4 rings (SSSR count).